The summed E-state index contributed by atoms with van der Waals surface area (Å²) in [5.74, 6) is 0. The van der Waals surface area contributed by atoms with E-state index in [0.717, 1.165) is 15.9 Å². The number of aromatic nitrogens is 3. The highest BCUT2D eigenvalue weighted by Gasteiger charge is 2.66. The van der Waals surface area contributed by atoms with Gasteiger partial charge < -0.3 is 4.98 Å². The van der Waals surface area contributed by atoms with Crippen molar-refractivity contribution >= 4 is 23.4 Å². The third-order valence-electron chi connectivity index (χ3n) is 5.02. The molecule has 96 valence electrons. The zero-order valence-corrected chi connectivity index (χ0v) is 12.4. The summed E-state index contributed by atoms with van der Waals surface area (Å²) in [4.78, 5) is 7.83. The molecule has 1 N–H and O–H groups in total. The van der Waals surface area contributed by atoms with Crippen LogP contribution in [0.15, 0.2) is 12.3 Å². The summed E-state index contributed by atoms with van der Waals surface area (Å²) in [5.41, 5.74) is 3.77. The first-order valence-electron chi connectivity index (χ1n) is 6.34. The Hall–Kier alpha value is -1.16. The molecule has 0 radical (unpaired) electrons. The lowest BCUT2D eigenvalue weighted by molar-refractivity contribution is 0.457. The van der Waals surface area contributed by atoms with Crippen LogP contribution < -0.4 is 0 Å². The number of nitrogens with zero attached hydrogens (tertiary/aromatic N) is 2. The minimum atomic E-state index is 0.256. The molecule has 2 aromatic rings. The molecule has 1 saturated carbocycles. The number of fused-ring (bicyclic) bond motifs is 1. The minimum Gasteiger partial charge on any atom is -0.329 e. The molecule has 1 fully saturated rings. The van der Waals surface area contributed by atoms with Crippen LogP contribution in [-0.2, 0) is 0 Å². The van der Waals surface area contributed by atoms with Crippen LogP contribution in [-0.4, -0.2) is 14.5 Å². The van der Waals surface area contributed by atoms with Crippen LogP contribution in [0.1, 0.15) is 39.3 Å². The summed E-state index contributed by atoms with van der Waals surface area (Å²) in [7, 11) is 0. The number of nitrogens with one attached hydrogen (secondary N) is 1. The van der Waals surface area contributed by atoms with Crippen LogP contribution in [0.2, 0.25) is 0 Å². The van der Waals surface area contributed by atoms with E-state index in [1.54, 1.807) is 0 Å². The monoisotopic (exact) mass is 261 g/mol. The van der Waals surface area contributed by atoms with E-state index in [1.165, 1.54) is 5.56 Å². The van der Waals surface area contributed by atoms with E-state index in [9.17, 15) is 0 Å². The van der Waals surface area contributed by atoms with Crippen LogP contribution in [0.25, 0.3) is 11.2 Å². The van der Waals surface area contributed by atoms with Gasteiger partial charge in [0.1, 0.15) is 0 Å². The van der Waals surface area contributed by atoms with Crippen LogP contribution in [0.4, 0.5) is 0 Å². The lowest BCUT2D eigenvalue weighted by Gasteiger charge is -2.05. The van der Waals surface area contributed by atoms with Gasteiger partial charge in [0.2, 0.25) is 0 Å². The van der Waals surface area contributed by atoms with Crippen LogP contribution in [0, 0.1) is 22.5 Å². The molecule has 3 nitrogen and oxygen atoms in total. The first-order valence-corrected chi connectivity index (χ1v) is 6.75. The van der Waals surface area contributed by atoms with Gasteiger partial charge in [0.25, 0.3) is 0 Å². The molecule has 0 aliphatic heterocycles. The zero-order valence-electron chi connectivity index (χ0n) is 11.5. The van der Waals surface area contributed by atoms with Crippen LogP contribution >= 0.6 is 12.2 Å². The number of imidazole rings is 1. The van der Waals surface area contributed by atoms with E-state index >= 15 is 0 Å². The van der Waals surface area contributed by atoms with Gasteiger partial charge >= 0.3 is 0 Å². The fourth-order valence-corrected chi connectivity index (χ4v) is 3.48. The molecule has 0 unspecified atom stereocenters. The third-order valence-corrected chi connectivity index (χ3v) is 5.32. The quantitative estimate of drug-likeness (QED) is 0.787. The van der Waals surface area contributed by atoms with Gasteiger partial charge in [0, 0.05) is 12.2 Å². The lowest BCUT2D eigenvalue weighted by Crippen LogP contribution is -2.02. The number of aromatic amines is 1. The van der Waals surface area contributed by atoms with E-state index in [1.807, 2.05) is 12.3 Å². The normalized spacial score (nSPS) is 21.4. The molecule has 4 heteroatoms. The Morgan fingerprint density at radius 2 is 1.89 bits per heavy atom. The van der Waals surface area contributed by atoms with Gasteiger partial charge in [-0.25, -0.2) is 4.98 Å². The summed E-state index contributed by atoms with van der Waals surface area (Å²) in [5, 5.41) is 0. The first kappa shape index (κ1) is 11.9. The van der Waals surface area contributed by atoms with E-state index in [2.05, 4.69) is 49.2 Å². The number of pyridine rings is 1. The van der Waals surface area contributed by atoms with Gasteiger partial charge in [0.15, 0.2) is 10.4 Å². The maximum Gasteiger partial charge on any atom is 0.179 e. The molecule has 0 saturated heterocycles. The Labute approximate surface area is 112 Å². The molecule has 0 aromatic carbocycles. The molecule has 0 atom stereocenters. The fourth-order valence-electron chi connectivity index (χ4n) is 3.19. The predicted molar refractivity (Wildman–Crippen MR) is 76.3 cm³/mol. The topological polar surface area (TPSA) is 33.6 Å². The Morgan fingerprint density at radius 3 is 2.44 bits per heavy atom. The van der Waals surface area contributed by atoms with Crippen molar-refractivity contribution in [3.05, 3.63) is 22.6 Å². The fraction of sp³-hybridized carbons (Fsp3) is 0.571. The first-order chi connectivity index (χ1) is 8.28. The lowest BCUT2D eigenvalue weighted by atomic mass is 10.0. The molecule has 1 aliphatic rings. The summed E-state index contributed by atoms with van der Waals surface area (Å²) in [6, 6.07) is 2.43. The van der Waals surface area contributed by atoms with Gasteiger partial charge in [-0.2, -0.15) is 0 Å². The molecule has 2 aromatic heterocycles. The molecule has 3 rings (SSSR count). The van der Waals surface area contributed by atoms with Gasteiger partial charge in [-0.3, -0.25) is 4.57 Å². The van der Waals surface area contributed by atoms with E-state index < -0.39 is 0 Å². The zero-order chi connectivity index (χ0) is 13.3. The van der Waals surface area contributed by atoms with Gasteiger partial charge in [-0.15, -0.1) is 0 Å². The second-order valence-corrected chi connectivity index (χ2v) is 6.86. The van der Waals surface area contributed by atoms with Crippen LogP contribution in [0.5, 0.6) is 0 Å². The third kappa shape index (κ3) is 1.24. The Bertz CT molecular complexity index is 677. The molecule has 0 bridgehead atoms. The molecule has 1 aliphatic carbocycles. The summed E-state index contributed by atoms with van der Waals surface area (Å²) < 4.78 is 2.99. The van der Waals surface area contributed by atoms with Crippen molar-refractivity contribution in [1.29, 1.82) is 0 Å². The highest BCUT2D eigenvalue weighted by Crippen LogP contribution is 2.71. The Balaban J connectivity index is 2.30. The molecular formula is C14H19N3S. The average Bonchev–Trinajstić information content (AvgIpc) is 2.55. The van der Waals surface area contributed by atoms with Crippen molar-refractivity contribution in [2.45, 2.75) is 40.7 Å². The van der Waals surface area contributed by atoms with E-state index in [4.69, 9.17) is 12.2 Å². The molecule has 0 amide bonds. The number of rotatable bonds is 1. The largest absolute Gasteiger partial charge is 0.329 e. The van der Waals surface area contributed by atoms with E-state index in [0.29, 0.717) is 6.04 Å². The van der Waals surface area contributed by atoms with Gasteiger partial charge in [-0.05, 0) is 41.6 Å². The maximum atomic E-state index is 5.50. The summed E-state index contributed by atoms with van der Waals surface area (Å²) in [6.45, 7) is 11.3. The SMILES string of the molecule is Cc1ccnc2c1[nH]c(=S)n2C1C(C)(C)C1(C)C. The maximum absolute atomic E-state index is 5.50. The second-order valence-electron chi connectivity index (χ2n) is 6.47. The standard InChI is InChI=1S/C14H19N3S/c1-8-6-7-15-10-9(8)16-12(18)17(10)11-13(2,3)14(11,4)5/h6-7,11H,1-5H3,(H,16,18). The summed E-state index contributed by atoms with van der Waals surface area (Å²) >= 11 is 5.50. The number of H-pyrrole nitrogens is 1. The number of aryl methyl sites for hydroxylation is 1. The van der Waals surface area contributed by atoms with Crippen molar-refractivity contribution in [3.63, 3.8) is 0 Å². The molecule has 2 heterocycles. The highest BCUT2D eigenvalue weighted by atomic mass is 32.1. The Morgan fingerprint density at radius 1 is 1.28 bits per heavy atom. The van der Waals surface area contributed by atoms with Crippen molar-refractivity contribution in [2.75, 3.05) is 0 Å². The van der Waals surface area contributed by atoms with Crippen molar-refractivity contribution < 1.29 is 0 Å². The molecule has 0 spiro atoms. The number of hydrogen-bond donors (Lipinski definition) is 1. The second kappa shape index (κ2) is 3.23. The number of hydrogen-bond acceptors (Lipinski definition) is 2. The van der Waals surface area contributed by atoms with Gasteiger partial charge in [-0.1, -0.05) is 27.7 Å². The Kier molecular flexibility index (Phi) is 2.14. The predicted octanol–water partition coefficient (Wildman–Crippen LogP) is 4.01. The average molecular weight is 261 g/mol. The highest BCUT2D eigenvalue weighted by molar-refractivity contribution is 7.71. The summed E-state index contributed by atoms with van der Waals surface area (Å²) in [6.07, 6.45) is 1.86. The van der Waals surface area contributed by atoms with Crippen molar-refractivity contribution in [3.8, 4) is 0 Å². The van der Waals surface area contributed by atoms with Crippen molar-refractivity contribution in [1.82, 2.24) is 14.5 Å². The smallest absolute Gasteiger partial charge is 0.179 e. The van der Waals surface area contributed by atoms with Crippen molar-refractivity contribution in [2.24, 2.45) is 10.8 Å². The van der Waals surface area contributed by atoms with Crippen LogP contribution in [0.3, 0.4) is 0 Å². The molecular weight excluding hydrogens is 242 g/mol. The minimum absolute atomic E-state index is 0.256. The van der Waals surface area contributed by atoms with E-state index in [-0.39, 0.29) is 10.8 Å². The van der Waals surface area contributed by atoms with Gasteiger partial charge in [0.05, 0.1) is 5.52 Å². The molecule has 18 heavy (non-hydrogen) atoms.